The lowest BCUT2D eigenvalue weighted by atomic mass is 10.2. The number of benzene rings is 1. The van der Waals surface area contributed by atoms with Gasteiger partial charge in [0.1, 0.15) is 17.2 Å². The zero-order valence-corrected chi connectivity index (χ0v) is 8.55. The van der Waals surface area contributed by atoms with Gasteiger partial charge in [-0.3, -0.25) is 0 Å². The molecule has 3 heteroatoms. The number of nitrogens with zero attached hydrogens (tertiary/aromatic N) is 1. The van der Waals surface area contributed by atoms with E-state index in [2.05, 4.69) is 4.98 Å². The van der Waals surface area contributed by atoms with Crippen LogP contribution in [0.25, 0.3) is 22.3 Å². The molecular weight excluding hydrogens is 200 g/mol. The number of aromatic nitrogens is 1. The molecule has 0 atom stereocenters. The quantitative estimate of drug-likeness (QED) is 0.671. The van der Waals surface area contributed by atoms with Crippen LogP contribution in [0.2, 0.25) is 0 Å². The normalized spacial score (nSPS) is 10.8. The van der Waals surface area contributed by atoms with Crippen LogP contribution in [0.1, 0.15) is 0 Å². The molecule has 0 aliphatic heterocycles. The zero-order valence-electron chi connectivity index (χ0n) is 8.55. The largest absolute Gasteiger partial charge is 0.456 e. The molecule has 78 valence electrons. The first kappa shape index (κ1) is 8.97. The molecule has 0 radical (unpaired) electrons. The van der Waals surface area contributed by atoms with E-state index >= 15 is 0 Å². The summed E-state index contributed by atoms with van der Waals surface area (Å²) in [5, 5.41) is 1.09. The van der Waals surface area contributed by atoms with Gasteiger partial charge in [-0.05, 0) is 24.3 Å². The third-order valence-electron chi connectivity index (χ3n) is 2.50. The van der Waals surface area contributed by atoms with Gasteiger partial charge in [-0.15, -0.1) is 0 Å². The van der Waals surface area contributed by atoms with Crippen LogP contribution in [0, 0.1) is 0 Å². The molecular formula is C13H10N2O. The Morgan fingerprint density at radius 2 is 1.94 bits per heavy atom. The smallest absolute Gasteiger partial charge is 0.136 e. The third kappa shape index (κ3) is 1.42. The molecule has 3 nitrogen and oxygen atoms in total. The topological polar surface area (TPSA) is 52.0 Å². The number of rotatable bonds is 1. The molecule has 2 N–H and O–H groups in total. The lowest BCUT2D eigenvalue weighted by Crippen LogP contribution is -1.87. The Hall–Kier alpha value is -2.29. The van der Waals surface area contributed by atoms with Crippen LogP contribution in [0.4, 0.5) is 5.82 Å². The van der Waals surface area contributed by atoms with Gasteiger partial charge in [-0.2, -0.15) is 0 Å². The van der Waals surface area contributed by atoms with Gasteiger partial charge < -0.3 is 10.2 Å². The van der Waals surface area contributed by atoms with Crippen molar-refractivity contribution in [1.82, 2.24) is 4.98 Å². The summed E-state index contributed by atoms with van der Waals surface area (Å²) in [6.45, 7) is 0. The number of anilines is 1. The number of nitrogens with two attached hydrogens (primary N) is 1. The van der Waals surface area contributed by atoms with Crippen molar-refractivity contribution in [2.45, 2.75) is 0 Å². The van der Waals surface area contributed by atoms with Crippen molar-refractivity contribution >= 4 is 16.8 Å². The summed E-state index contributed by atoms with van der Waals surface area (Å²) in [6, 6.07) is 13.6. The SMILES string of the molecule is Nc1ccc(-c2cc3ccccc3o2)cn1. The van der Waals surface area contributed by atoms with Crippen LogP contribution in [-0.4, -0.2) is 4.98 Å². The van der Waals surface area contributed by atoms with Gasteiger partial charge in [0.2, 0.25) is 0 Å². The van der Waals surface area contributed by atoms with Gasteiger partial charge in [0, 0.05) is 17.1 Å². The number of para-hydroxylation sites is 1. The van der Waals surface area contributed by atoms with Crippen LogP contribution in [0.5, 0.6) is 0 Å². The Morgan fingerprint density at radius 1 is 1.06 bits per heavy atom. The van der Waals surface area contributed by atoms with Crippen LogP contribution in [0.15, 0.2) is 53.1 Å². The van der Waals surface area contributed by atoms with E-state index in [0.717, 1.165) is 22.3 Å². The number of pyridine rings is 1. The van der Waals surface area contributed by atoms with Crippen molar-refractivity contribution in [1.29, 1.82) is 0 Å². The molecule has 0 amide bonds. The molecule has 16 heavy (non-hydrogen) atoms. The summed E-state index contributed by atoms with van der Waals surface area (Å²) in [4.78, 5) is 4.04. The van der Waals surface area contributed by atoms with Gasteiger partial charge in [-0.25, -0.2) is 4.98 Å². The summed E-state index contributed by atoms with van der Waals surface area (Å²) in [7, 11) is 0. The first-order valence-electron chi connectivity index (χ1n) is 5.03. The minimum atomic E-state index is 0.514. The van der Waals surface area contributed by atoms with Crippen molar-refractivity contribution in [2.75, 3.05) is 5.73 Å². The fourth-order valence-corrected chi connectivity index (χ4v) is 1.68. The minimum Gasteiger partial charge on any atom is -0.456 e. The molecule has 0 saturated heterocycles. The van der Waals surface area contributed by atoms with Gasteiger partial charge in [0.15, 0.2) is 0 Å². The lowest BCUT2D eigenvalue weighted by molar-refractivity contribution is 0.631. The fourth-order valence-electron chi connectivity index (χ4n) is 1.68. The highest BCUT2D eigenvalue weighted by atomic mass is 16.3. The molecule has 0 aliphatic rings. The maximum Gasteiger partial charge on any atom is 0.136 e. The molecule has 0 aliphatic carbocycles. The predicted octanol–water partition coefficient (Wildman–Crippen LogP) is 3.08. The number of furan rings is 1. The minimum absolute atomic E-state index is 0.514. The maximum atomic E-state index is 5.71. The molecule has 3 rings (SSSR count). The van der Waals surface area contributed by atoms with E-state index in [0.29, 0.717) is 5.82 Å². The molecule has 0 spiro atoms. The van der Waals surface area contributed by atoms with Gasteiger partial charge in [0.25, 0.3) is 0 Å². The molecule has 0 unspecified atom stereocenters. The van der Waals surface area contributed by atoms with Crippen LogP contribution in [-0.2, 0) is 0 Å². The second-order valence-electron chi connectivity index (χ2n) is 3.62. The Balaban J connectivity index is 2.15. The third-order valence-corrected chi connectivity index (χ3v) is 2.50. The maximum absolute atomic E-state index is 5.71. The van der Waals surface area contributed by atoms with E-state index in [1.54, 1.807) is 12.3 Å². The van der Waals surface area contributed by atoms with Gasteiger partial charge in [0.05, 0.1) is 0 Å². The van der Waals surface area contributed by atoms with Crippen molar-refractivity contribution in [3.8, 4) is 11.3 Å². The Morgan fingerprint density at radius 3 is 2.69 bits per heavy atom. The summed E-state index contributed by atoms with van der Waals surface area (Å²) >= 11 is 0. The second kappa shape index (κ2) is 3.38. The van der Waals surface area contributed by atoms with Crippen molar-refractivity contribution < 1.29 is 4.42 Å². The van der Waals surface area contributed by atoms with Gasteiger partial charge in [-0.1, -0.05) is 18.2 Å². The monoisotopic (exact) mass is 210 g/mol. The average molecular weight is 210 g/mol. The van der Waals surface area contributed by atoms with E-state index in [1.807, 2.05) is 36.4 Å². The highest BCUT2D eigenvalue weighted by molar-refractivity contribution is 5.82. The second-order valence-corrected chi connectivity index (χ2v) is 3.62. The van der Waals surface area contributed by atoms with E-state index < -0.39 is 0 Å². The van der Waals surface area contributed by atoms with E-state index in [-0.39, 0.29) is 0 Å². The Labute approximate surface area is 92.5 Å². The number of nitrogen functional groups attached to an aromatic ring is 1. The summed E-state index contributed by atoms with van der Waals surface area (Å²) in [5.41, 5.74) is 7.36. The average Bonchev–Trinajstić information content (AvgIpc) is 2.73. The zero-order chi connectivity index (χ0) is 11.0. The first-order chi connectivity index (χ1) is 7.83. The fraction of sp³-hybridized carbons (Fsp3) is 0. The summed E-state index contributed by atoms with van der Waals surface area (Å²) < 4.78 is 5.71. The molecule has 3 aromatic rings. The highest BCUT2D eigenvalue weighted by Crippen LogP contribution is 2.27. The summed E-state index contributed by atoms with van der Waals surface area (Å²) in [6.07, 6.45) is 1.72. The summed E-state index contributed by atoms with van der Waals surface area (Å²) in [5.74, 6) is 1.33. The van der Waals surface area contributed by atoms with E-state index in [1.165, 1.54) is 0 Å². The lowest BCUT2D eigenvalue weighted by Gasteiger charge is -1.95. The van der Waals surface area contributed by atoms with E-state index in [9.17, 15) is 0 Å². The van der Waals surface area contributed by atoms with Crippen LogP contribution < -0.4 is 5.73 Å². The molecule has 0 fully saturated rings. The molecule has 0 saturated carbocycles. The predicted molar refractivity (Wildman–Crippen MR) is 63.9 cm³/mol. The highest BCUT2D eigenvalue weighted by Gasteiger charge is 2.05. The van der Waals surface area contributed by atoms with Crippen molar-refractivity contribution in [3.63, 3.8) is 0 Å². The molecule has 1 aromatic carbocycles. The number of fused-ring (bicyclic) bond motifs is 1. The number of hydrogen-bond donors (Lipinski definition) is 1. The van der Waals surface area contributed by atoms with E-state index in [4.69, 9.17) is 10.2 Å². The van der Waals surface area contributed by atoms with Gasteiger partial charge >= 0.3 is 0 Å². The number of hydrogen-bond acceptors (Lipinski definition) is 3. The molecule has 2 aromatic heterocycles. The Bertz CT molecular complexity index is 593. The van der Waals surface area contributed by atoms with Crippen molar-refractivity contribution in [3.05, 3.63) is 48.7 Å². The Kier molecular flexibility index (Phi) is 1.90. The molecule has 2 heterocycles. The van der Waals surface area contributed by atoms with Crippen LogP contribution >= 0.6 is 0 Å². The standard InChI is InChI=1S/C13H10N2O/c14-13-6-5-10(8-15-13)12-7-9-3-1-2-4-11(9)16-12/h1-8H,(H2,14,15). The molecule has 0 bridgehead atoms. The first-order valence-corrected chi connectivity index (χ1v) is 5.03. The van der Waals surface area contributed by atoms with Crippen LogP contribution in [0.3, 0.4) is 0 Å². The van der Waals surface area contributed by atoms with Crippen molar-refractivity contribution in [2.24, 2.45) is 0 Å².